The van der Waals surface area contributed by atoms with Crippen molar-refractivity contribution in [2.24, 2.45) is 5.73 Å². The zero-order valence-electron chi connectivity index (χ0n) is 12.3. The van der Waals surface area contributed by atoms with Crippen molar-refractivity contribution in [3.05, 3.63) is 18.1 Å². The summed E-state index contributed by atoms with van der Waals surface area (Å²) in [4.78, 5) is 19.5. The van der Waals surface area contributed by atoms with Crippen molar-refractivity contribution in [3.63, 3.8) is 0 Å². The molecule has 0 spiro atoms. The van der Waals surface area contributed by atoms with Gasteiger partial charge in [-0.15, -0.1) is 6.42 Å². The first-order chi connectivity index (χ1) is 11.3. The molecule has 4 atom stereocenters. The largest absolute Gasteiger partial charge is 0.394 e. The van der Waals surface area contributed by atoms with Crippen LogP contribution >= 0.6 is 0 Å². The van der Waals surface area contributed by atoms with Gasteiger partial charge < -0.3 is 36.1 Å². The van der Waals surface area contributed by atoms with E-state index in [1.165, 1.54) is 10.8 Å². The monoisotopic (exact) mass is 333 g/mol. The number of amides is 1. The molecule has 0 aromatic carbocycles. The lowest BCUT2D eigenvalue weighted by Gasteiger charge is -2.26. The van der Waals surface area contributed by atoms with E-state index in [0.29, 0.717) is 0 Å². The van der Waals surface area contributed by atoms with Crippen LogP contribution in [0.25, 0.3) is 11.0 Å². The van der Waals surface area contributed by atoms with Gasteiger partial charge in [-0.25, -0.2) is 9.97 Å². The molecule has 0 radical (unpaired) electrons. The fraction of sp³-hybridized carbons (Fsp3) is 0.357. The van der Waals surface area contributed by atoms with Crippen molar-refractivity contribution < 1.29 is 24.9 Å². The number of aromatic nitrogens is 3. The number of terminal acetylenes is 1. The third-order valence-corrected chi connectivity index (χ3v) is 4.05. The third kappa shape index (κ3) is 2.04. The third-order valence-electron chi connectivity index (χ3n) is 4.05. The zero-order valence-corrected chi connectivity index (χ0v) is 12.3. The molecule has 7 N–H and O–H groups in total. The summed E-state index contributed by atoms with van der Waals surface area (Å²) in [5.74, 6) is 1.30. The molecule has 1 aliphatic rings. The van der Waals surface area contributed by atoms with E-state index in [9.17, 15) is 20.1 Å². The van der Waals surface area contributed by atoms with Gasteiger partial charge in [-0.1, -0.05) is 5.92 Å². The molecule has 1 saturated heterocycles. The van der Waals surface area contributed by atoms with Crippen LogP contribution in [-0.4, -0.2) is 60.2 Å². The van der Waals surface area contributed by atoms with Crippen LogP contribution in [-0.2, 0) is 4.74 Å². The first kappa shape index (κ1) is 16.2. The highest BCUT2D eigenvalue weighted by Gasteiger charge is 2.55. The molecule has 1 aliphatic heterocycles. The van der Waals surface area contributed by atoms with E-state index < -0.39 is 36.6 Å². The van der Waals surface area contributed by atoms with Crippen LogP contribution in [0.4, 0.5) is 5.82 Å². The Balaban J connectivity index is 2.25. The van der Waals surface area contributed by atoms with Gasteiger partial charge in [0, 0.05) is 6.20 Å². The standard InChI is InChI=1S/C14H15N5O5/c1-2-14(23)9(21)7(4-20)24-13(14)19-3-6(11(16)22)8-10(15)17-5-18-12(8)19/h1,3,5,7,9,13,20-21,23H,4H2,(H2,16,22)(H2,15,17,18)/t7-,9-,13?,14-/m1/s1. The molecule has 2 aromatic heterocycles. The van der Waals surface area contributed by atoms with Crippen molar-refractivity contribution in [1.82, 2.24) is 14.5 Å². The summed E-state index contributed by atoms with van der Waals surface area (Å²) in [5, 5.41) is 30.2. The molecule has 2 aromatic rings. The van der Waals surface area contributed by atoms with Gasteiger partial charge in [0.2, 0.25) is 0 Å². The number of aliphatic hydroxyl groups excluding tert-OH is 2. The second kappa shape index (κ2) is 5.43. The number of fused-ring (bicyclic) bond motifs is 1. The molecule has 1 fully saturated rings. The molecular weight excluding hydrogens is 318 g/mol. The summed E-state index contributed by atoms with van der Waals surface area (Å²) in [6.45, 7) is -0.569. The van der Waals surface area contributed by atoms with E-state index in [2.05, 4.69) is 15.9 Å². The van der Waals surface area contributed by atoms with Crippen LogP contribution in [0.15, 0.2) is 12.5 Å². The highest BCUT2D eigenvalue weighted by molar-refractivity contribution is 6.08. The Morgan fingerprint density at radius 1 is 1.54 bits per heavy atom. The first-order valence-corrected chi connectivity index (χ1v) is 6.90. The number of hydrogen-bond acceptors (Lipinski definition) is 8. The molecule has 10 nitrogen and oxygen atoms in total. The number of carbonyl (C=O) groups is 1. The van der Waals surface area contributed by atoms with E-state index >= 15 is 0 Å². The van der Waals surface area contributed by atoms with Crippen LogP contribution in [0.2, 0.25) is 0 Å². The number of anilines is 1. The molecule has 1 amide bonds. The second-order valence-corrected chi connectivity index (χ2v) is 5.40. The maximum Gasteiger partial charge on any atom is 0.251 e. The topological polar surface area (TPSA) is 170 Å². The number of rotatable bonds is 3. The highest BCUT2D eigenvalue weighted by Crippen LogP contribution is 2.40. The van der Waals surface area contributed by atoms with Gasteiger partial charge in [0.05, 0.1) is 17.6 Å². The van der Waals surface area contributed by atoms with Crippen molar-refractivity contribution >= 4 is 22.8 Å². The quantitative estimate of drug-likeness (QED) is 0.391. The Hall–Kier alpha value is -2.71. The van der Waals surface area contributed by atoms with E-state index in [1.807, 2.05) is 0 Å². The molecule has 10 heteroatoms. The highest BCUT2D eigenvalue weighted by atomic mass is 16.6. The summed E-state index contributed by atoms with van der Waals surface area (Å²) >= 11 is 0. The van der Waals surface area contributed by atoms with Gasteiger partial charge in [-0.3, -0.25) is 4.79 Å². The number of nitrogens with two attached hydrogens (primary N) is 2. The Bertz CT molecular complexity index is 859. The molecule has 0 bridgehead atoms. The van der Waals surface area contributed by atoms with Gasteiger partial charge in [0.15, 0.2) is 11.8 Å². The summed E-state index contributed by atoms with van der Waals surface area (Å²) in [6.07, 6.45) is 3.79. The summed E-state index contributed by atoms with van der Waals surface area (Å²) < 4.78 is 6.72. The lowest BCUT2D eigenvalue weighted by atomic mass is 9.95. The number of ether oxygens (including phenoxy) is 1. The van der Waals surface area contributed by atoms with Gasteiger partial charge in [0.1, 0.15) is 30.0 Å². The van der Waals surface area contributed by atoms with Crippen molar-refractivity contribution in [2.45, 2.75) is 24.0 Å². The van der Waals surface area contributed by atoms with Crippen LogP contribution in [0.5, 0.6) is 0 Å². The lowest BCUT2D eigenvalue weighted by molar-refractivity contribution is -0.0718. The number of primary amides is 1. The van der Waals surface area contributed by atoms with E-state index in [4.69, 9.17) is 22.6 Å². The number of nitrogen functional groups attached to an aromatic ring is 1. The van der Waals surface area contributed by atoms with Crippen molar-refractivity contribution in [2.75, 3.05) is 12.3 Å². The minimum absolute atomic E-state index is 0.00742. The Morgan fingerprint density at radius 2 is 2.25 bits per heavy atom. The number of aliphatic hydroxyl groups is 3. The fourth-order valence-corrected chi connectivity index (χ4v) is 2.82. The molecule has 0 aliphatic carbocycles. The van der Waals surface area contributed by atoms with E-state index in [-0.39, 0.29) is 22.4 Å². The minimum Gasteiger partial charge on any atom is -0.394 e. The smallest absolute Gasteiger partial charge is 0.251 e. The Labute approximate surface area is 135 Å². The molecule has 126 valence electrons. The minimum atomic E-state index is -2.16. The van der Waals surface area contributed by atoms with Gasteiger partial charge in [0.25, 0.3) is 5.91 Å². The summed E-state index contributed by atoms with van der Waals surface area (Å²) in [7, 11) is 0. The molecule has 3 rings (SSSR count). The molecule has 0 saturated carbocycles. The van der Waals surface area contributed by atoms with Crippen LogP contribution in [0.1, 0.15) is 16.6 Å². The Morgan fingerprint density at radius 3 is 2.83 bits per heavy atom. The molecule has 24 heavy (non-hydrogen) atoms. The number of carbonyl (C=O) groups excluding carboxylic acids is 1. The second-order valence-electron chi connectivity index (χ2n) is 5.40. The molecule has 1 unspecified atom stereocenters. The number of hydrogen-bond donors (Lipinski definition) is 5. The van der Waals surface area contributed by atoms with Gasteiger partial charge in [-0.2, -0.15) is 0 Å². The van der Waals surface area contributed by atoms with Gasteiger partial charge in [-0.05, 0) is 0 Å². The Kier molecular flexibility index (Phi) is 3.66. The van der Waals surface area contributed by atoms with Crippen molar-refractivity contribution in [3.8, 4) is 12.3 Å². The summed E-state index contributed by atoms with van der Waals surface area (Å²) in [6, 6.07) is 0. The first-order valence-electron chi connectivity index (χ1n) is 6.90. The fourth-order valence-electron chi connectivity index (χ4n) is 2.82. The van der Waals surface area contributed by atoms with E-state index in [1.54, 1.807) is 0 Å². The normalized spacial score (nSPS) is 29.7. The van der Waals surface area contributed by atoms with Crippen LogP contribution < -0.4 is 11.5 Å². The van der Waals surface area contributed by atoms with Gasteiger partial charge >= 0.3 is 0 Å². The zero-order chi connectivity index (χ0) is 17.6. The SMILES string of the molecule is C#C[C@]1(O)C(n2cc(C(N)=O)c3c(N)ncnc32)O[C@H](CO)[C@H]1O. The maximum atomic E-state index is 11.7. The van der Waals surface area contributed by atoms with Crippen LogP contribution in [0.3, 0.4) is 0 Å². The number of nitrogens with zero attached hydrogens (tertiary/aromatic N) is 3. The lowest BCUT2D eigenvalue weighted by Crippen LogP contribution is -2.45. The predicted octanol–water partition coefficient (Wildman–Crippen LogP) is -2.27. The van der Waals surface area contributed by atoms with E-state index in [0.717, 1.165) is 6.33 Å². The summed E-state index contributed by atoms with van der Waals surface area (Å²) in [5.41, 5.74) is 9.12. The predicted molar refractivity (Wildman–Crippen MR) is 81.2 cm³/mol. The van der Waals surface area contributed by atoms with Crippen molar-refractivity contribution in [1.29, 1.82) is 0 Å². The average molecular weight is 333 g/mol. The average Bonchev–Trinajstić information content (AvgIpc) is 3.06. The molecule has 3 heterocycles. The van der Waals surface area contributed by atoms with Crippen LogP contribution in [0, 0.1) is 12.3 Å². The molecular formula is C14H15N5O5. The maximum absolute atomic E-state index is 11.7.